The summed E-state index contributed by atoms with van der Waals surface area (Å²) in [5, 5.41) is 0.0884. The molecule has 0 aliphatic rings. The van der Waals surface area contributed by atoms with E-state index >= 15 is 0 Å². The largest absolute Gasteiger partial charge is 0.493 e. The first-order chi connectivity index (χ1) is 19.8. The predicted molar refractivity (Wildman–Crippen MR) is 150 cm³/mol. The van der Waals surface area contributed by atoms with Gasteiger partial charge in [0.2, 0.25) is 0 Å². The molecule has 0 aliphatic carbocycles. The summed E-state index contributed by atoms with van der Waals surface area (Å²) in [6.45, 7) is 7.19. The number of hydrogen-bond acceptors (Lipinski definition) is 9. The first-order valence-electron chi connectivity index (χ1n) is 12.4. The van der Waals surface area contributed by atoms with Gasteiger partial charge in [-0.1, -0.05) is 36.9 Å². The van der Waals surface area contributed by atoms with E-state index in [9.17, 15) is 19.2 Å². The Morgan fingerprint density at radius 1 is 0.732 bits per heavy atom. The lowest BCUT2D eigenvalue weighted by Gasteiger charge is -2.10. The van der Waals surface area contributed by atoms with Gasteiger partial charge in [0.25, 0.3) is 0 Å². The fourth-order valence-corrected chi connectivity index (χ4v) is 3.47. The Hall–Kier alpha value is -4.89. The minimum atomic E-state index is -0.634. The van der Waals surface area contributed by atoms with E-state index in [1.165, 1.54) is 18.2 Å². The zero-order valence-electron chi connectivity index (χ0n) is 22.0. The number of aryl methyl sites for hydroxylation is 1. The van der Waals surface area contributed by atoms with Crippen LogP contribution >= 0.6 is 11.6 Å². The van der Waals surface area contributed by atoms with Crippen LogP contribution in [0, 0.1) is 0 Å². The summed E-state index contributed by atoms with van der Waals surface area (Å²) in [5.74, 6) is -0.949. The van der Waals surface area contributed by atoms with Crippen LogP contribution < -0.4 is 18.9 Å². The molecule has 0 fully saturated rings. The van der Waals surface area contributed by atoms with E-state index < -0.39 is 23.9 Å². The molecule has 0 radical (unpaired) electrons. The number of carbonyl (C=O) groups excluding carboxylic acids is 4. The van der Waals surface area contributed by atoms with Crippen LogP contribution in [0.5, 0.6) is 23.0 Å². The summed E-state index contributed by atoms with van der Waals surface area (Å²) in [7, 11) is 0. The summed E-state index contributed by atoms with van der Waals surface area (Å²) in [6, 6.07) is 17.3. The Labute approximate surface area is 241 Å². The van der Waals surface area contributed by atoms with Gasteiger partial charge in [-0.05, 0) is 60.5 Å². The van der Waals surface area contributed by atoms with Crippen molar-refractivity contribution in [3.63, 3.8) is 0 Å². The molecule has 0 N–H and O–H groups in total. The molecule has 3 aromatic rings. The molecule has 10 heteroatoms. The lowest BCUT2D eigenvalue weighted by molar-refractivity contribution is -0.138. The molecule has 9 nitrogen and oxygen atoms in total. The molecule has 0 amide bonds. The maximum Gasteiger partial charge on any atom is 0.343 e. The molecule has 3 rings (SSSR count). The fraction of sp³-hybridized carbons (Fsp3) is 0.161. The maximum atomic E-state index is 12.5. The molecule has 41 heavy (non-hydrogen) atoms. The van der Waals surface area contributed by atoms with E-state index in [2.05, 4.69) is 13.2 Å². The third-order valence-electron chi connectivity index (χ3n) is 5.32. The molecule has 0 heterocycles. The van der Waals surface area contributed by atoms with Crippen LogP contribution in [0.2, 0.25) is 5.02 Å². The van der Waals surface area contributed by atoms with Crippen molar-refractivity contribution in [1.29, 1.82) is 0 Å². The molecular formula is C31H27ClO9. The fourth-order valence-electron chi connectivity index (χ4n) is 3.27. The Bertz CT molecular complexity index is 1400. The van der Waals surface area contributed by atoms with E-state index in [0.29, 0.717) is 30.9 Å². The Kier molecular flexibility index (Phi) is 11.7. The molecule has 0 spiro atoms. The van der Waals surface area contributed by atoms with Gasteiger partial charge in [0.15, 0.2) is 0 Å². The zero-order chi connectivity index (χ0) is 29.6. The highest BCUT2D eigenvalue weighted by molar-refractivity contribution is 6.32. The highest BCUT2D eigenvalue weighted by Gasteiger charge is 2.14. The number of hydrogen-bond donors (Lipinski definition) is 0. The molecule has 0 unspecified atom stereocenters. The number of rotatable bonds is 14. The molecular weight excluding hydrogens is 552 g/mol. The van der Waals surface area contributed by atoms with Gasteiger partial charge >= 0.3 is 23.9 Å². The van der Waals surface area contributed by atoms with Crippen LogP contribution in [0.25, 0.3) is 0 Å². The van der Waals surface area contributed by atoms with Crippen molar-refractivity contribution in [3.05, 3.63) is 108 Å². The van der Waals surface area contributed by atoms with Gasteiger partial charge in [0, 0.05) is 31.1 Å². The van der Waals surface area contributed by atoms with Gasteiger partial charge in [0.1, 0.15) is 23.0 Å². The average molecular weight is 579 g/mol. The molecule has 0 aliphatic heterocycles. The van der Waals surface area contributed by atoms with E-state index in [-0.39, 0.29) is 35.1 Å². The van der Waals surface area contributed by atoms with Crippen LogP contribution in [0.15, 0.2) is 92.0 Å². The highest BCUT2D eigenvalue weighted by Crippen LogP contribution is 2.30. The summed E-state index contributed by atoms with van der Waals surface area (Å²) in [5.41, 5.74) is 1.13. The van der Waals surface area contributed by atoms with E-state index in [1.807, 2.05) is 0 Å². The third-order valence-corrected chi connectivity index (χ3v) is 5.62. The SMILES string of the molecule is C=CC(=O)OCCCOc1ccc(C(=O)Oc2ccc(OC(=O)CCc3ccc(OC(=O)C=C)cc3)cc2Cl)cc1. The Balaban J connectivity index is 1.44. The Morgan fingerprint density at radius 3 is 2.05 bits per heavy atom. The number of benzene rings is 3. The summed E-state index contributed by atoms with van der Waals surface area (Å²) in [6.07, 6.45) is 3.17. The normalized spacial score (nSPS) is 10.2. The van der Waals surface area contributed by atoms with Crippen molar-refractivity contribution in [1.82, 2.24) is 0 Å². The van der Waals surface area contributed by atoms with Gasteiger partial charge in [-0.15, -0.1) is 0 Å². The van der Waals surface area contributed by atoms with Crippen LogP contribution in [0.1, 0.15) is 28.8 Å². The molecule has 0 bridgehead atoms. The number of esters is 4. The number of ether oxygens (including phenoxy) is 5. The van der Waals surface area contributed by atoms with E-state index in [0.717, 1.165) is 17.7 Å². The third kappa shape index (κ3) is 10.3. The smallest absolute Gasteiger partial charge is 0.343 e. The van der Waals surface area contributed by atoms with E-state index in [4.69, 9.17) is 35.3 Å². The van der Waals surface area contributed by atoms with Crippen LogP contribution in [-0.2, 0) is 25.5 Å². The highest BCUT2D eigenvalue weighted by atomic mass is 35.5. The zero-order valence-corrected chi connectivity index (χ0v) is 22.8. The van der Waals surface area contributed by atoms with Crippen molar-refractivity contribution in [2.24, 2.45) is 0 Å². The van der Waals surface area contributed by atoms with E-state index in [1.54, 1.807) is 48.5 Å². The second kappa shape index (κ2) is 15.6. The Morgan fingerprint density at radius 2 is 1.39 bits per heavy atom. The molecule has 0 saturated carbocycles. The van der Waals surface area contributed by atoms with Crippen molar-refractivity contribution in [3.8, 4) is 23.0 Å². The van der Waals surface area contributed by atoms with Gasteiger partial charge in [-0.2, -0.15) is 0 Å². The number of halogens is 1. The van der Waals surface area contributed by atoms with Crippen LogP contribution in [-0.4, -0.2) is 37.1 Å². The summed E-state index contributed by atoms with van der Waals surface area (Å²) in [4.78, 5) is 47.1. The summed E-state index contributed by atoms with van der Waals surface area (Å²) < 4.78 is 26.2. The lowest BCUT2D eigenvalue weighted by atomic mass is 10.1. The van der Waals surface area contributed by atoms with Crippen molar-refractivity contribution in [2.45, 2.75) is 19.3 Å². The first kappa shape index (κ1) is 30.6. The standard InChI is InChI=1S/C31H27ClO9/c1-3-28(33)38-19-5-18-37-23-13-9-22(10-14-23)31(36)41-27-16-15-25(20-26(27)32)40-30(35)17-8-21-6-11-24(12-7-21)39-29(34)4-2/h3-4,6-7,9-16,20H,1-2,5,8,17-19H2. The van der Waals surface area contributed by atoms with Crippen molar-refractivity contribution in [2.75, 3.05) is 13.2 Å². The lowest BCUT2D eigenvalue weighted by Crippen LogP contribution is -2.10. The second-order valence-corrected chi connectivity index (χ2v) is 8.73. The molecule has 3 aromatic carbocycles. The maximum absolute atomic E-state index is 12.5. The van der Waals surface area contributed by atoms with Gasteiger partial charge in [0.05, 0.1) is 23.8 Å². The first-order valence-corrected chi connectivity index (χ1v) is 12.8. The summed E-state index contributed by atoms with van der Waals surface area (Å²) >= 11 is 6.25. The topological polar surface area (TPSA) is 114 Å². The molecule has 0 atom stereocenters. The second-order valence-electron chi connectivity index (χ2n) is 8.32. The number of carbonyl (C=O) groups is 4. The molecule has 0 saturated heterocycles. The molecule has 212 valence electrons. The molecule has 0 aromatic heterocycles. The predicted octanol–water partition coefficient (Wildman–Crippen LogP) is 5.69. The van der Waals surface area contributed by atoms with Crippen LogP contribution in [0.3, 0.4) is 0 Å². The van der Waals surface area contributed by atoms with Gasteiger partial charge in [-0.3, -0.25) is 4.79 Å². The van der Waals surface area contributed by atoms with Crippen molar-refractivity contribution >= 4 is 35.5 Å². The minimum Gasteiger partial charge on any atom is -0.493 e. The monoisotopic (exact) mass is 578 g/mol. The van der Waals surface area contributed by atoms with Crippen molar-refractivity contribution < 1.29 is 42.9 Å². The van der Waals surface area contributed by atoms with Crippen LogP contribution in [0.4, 0.5) is 0 Å². The van der Waals surface area contributed by atoms with Gasteiger partial charge in [-0.25, -0.2) is 14.4 Å². The quantitative estimate of drug-likeness (QED) is 0.103. The minimum absolute atomic E-state index is 0.0884. The average Bonchev–Trinajstić information content (AvgIpc) is 2.98. The van der Waals surface area contributed by atoms with Gasteiger partial charge < -0.3 is 23.7 Å².